The molecule has 1 aromatic rings. The summed E-state index contributed by atoms with van der Waals surface area (Å²) in [4.78, 5) is 11.9. The predicted molar refractivity (Wildman–Crippen MR) is 65.2 cm³/mol. The van der Waals surface area contributed by atoms with Gasteiger partial charge in [-0.1, -0.05) is 35.9 Å². The Morgan fingerprint density at radius 3 is 2.44 bits per heavy atom. The van der Waals surface area contributed by atoms with Crippen LogP contribution < -0.4 is 0 Å². The molecule has 0 fully saturated rings. The quantitative estimate of drug-likeness (QED) is 0.709. The first kappa shape index (κ1) is 12.7. The van der Waals surface area contributed by atoms with E-state index in [1.165, 1.54) is 0 Å². The van der Waals surface area contributed by atoms with Crippen LogP contribution in [0.15, 0.2) is 42.0 Å². The molecule has 2 heteroatoms. The van der Waals surface area contributed by atoms with Crippen LogP contribution in [0.5, 0.6) is 0 Å². The molecule has 0 saturated carbocycles. The van der Waals surface area contributed by atoms with Gasteiger partial charge >= 0.3 is 0 Å². The Morgan fingerprint density at radius 2 is 1.94 bits per heavy atom. The van der Waals surface area contributed by atoms with Gasteiger partial charge in [-0.25, -0.2) is 0 Å². The molecule has 0 aliphatic carbocycles. The van der Waals surface area contributed by atoms with Gasteiger partial charge in [-0.3, -0.25) is 4.79 Å². The standard InChI is InChI=1S/C14H18O2/c1-4-16-14(13(15)10-11(2)3)12-8-6-5-7-9-12/h5-10,14H,4H2,1-3H3. The Bertz CT molecular complexity index is 362. The topological polar surface area (TPSA) is 26.3 Å². The molecule has 0 saturated heterocycles. The van der Waals surface area contributed by atoms with Crippen LogP contribution in [0.25, 0.3) is 0 Å². The van der Waals surface area contributed by atoms with Crippen molar-refractivity contribution in [1.82, 2.24) is 0 Å². The van der Waals surface area contributed by atoms with Gasteiger partial charge in [-0.2, -0.15) is 0 Å². The molecule has 0 heterocycles. The third-order valence-corrected chi connectivity index (χ3v) is 2.13. The largest absolute Gasteiger partial charge is 0.366 e. The molecule has 0 radical (unpaired) electrons. The van der Waals surface area contributed by atoms with E-state index in [1.54, 1.807) is 6.08 Å². The fourth-order valence-corrected chi connectivity index (χ4v) is 1.50. The van der Waals surface area contributed by atoms with Crippen LogP contribution in [0.3, 0.4) is 0 Å². The summed E-state index contributed by atoms with van der Waals surface area (Å²) >= 11 is 0. The molecule has 2 nitrogen and oxygen atoms in total. The van der Waals surface area contributed by atoms with Gasteiger partial charge in [0, 0.05) is 6.61 Å². The summed E-state index contributed by atoms with van der Waals surface area (Å²) in [6.07, 6.45) is 1.16. The number of carbonyl (C=O) groups excluding carboxylic acids is 1. The van der Waals surface area contributed by atoms with Crippen molar-refractivity contribution in [2.24, 2.45) is 0 Å². The van der Waals surface area contributed by atoms with Gasteiger partial charge in [0.25, 0.3) is 0 Å². The molecule has 0 N–H and O–H groups in total. The summed E-state index contributed by atoms with van der Waals surface area (Å²) in [5.41, 5.74) is 1.90. The van der Waals surface area contributed by atoms with Crippen molar-refractivity contribution >= 4 is 5.78 Å². The Kier molecular flexibility index (Phi) is 4.93. The first-order valence-corrected chi connectivity index (χ1v) is 5.50. The minimum atomic E-state index is -0.471. The van der Waals surface area contributed by atoms with Crippen LogP contribution in [0.1, 0.15) is 32.4 Å². The van der Waals surface area contributed by atoms with E-state index in [4.69, 9.17) is 4.74 Å². The number of ether oxygens (including phenoxy) is 1. The molecule has 1 aromatic carbocycles. The molecule has 0 aliphatic heterocycles. The van der Waals surface area contributed by atoms with Crippen LogP contribution in [0.4, 0.5) is 0 Å². The zero-order valence-corrected chi connectivity index (χ0v) is 10.1. The van der Waals surface area contributed by atoms with Crippen molar-refractivity contribution in [3.8, 4) is 0 Å². The van der Waals surface area contributed by atoms with Gasteiger partial charge in [-0.15, -0.1) is 0 Å². The number of allylic oxidation sites excluding steroid dienone is 1. The van der Waals surface area contributed by atoms with Crippen LogP contribution in [0, 0.1) is 0 Å². The van der Waals surface area contributed by atoms with Crippen LogP contribution >= 0.6 is 0 Å². The number of carbonyl (C=O) groups is 1. The third kappa shape index (κ3) is 3.63. The molecule has 0 aliphatic rings. The Balaban J connectivity index is 2.92. The molecule has 0 amide bonds. The highest BCUT2D eigenvalue weighted by Crippen LogP contribution is 2.19. The van der Waals surface area contributed by atoms with Crippen LogP contribution in [0.2, 0.25) is 0 Å². The van der Waals surface area contributed by atoms with Gasteiger partial charge < -0.3 is 4.74 Å². The zero-order valence-electron chi connectivity index (χ0n) is 10.1. The van der Waals surface area contributed by atoms with Crippen molar-refractivity contribution < 1.29 is 9.53 Å². The second kappa shape index (κ2) is 6.23. The van der Waals surface area contributed by atoms with Crippen LogP contribution in [-0.2, 0) is 9.53 Å². The van der Waals surface area contributed by atoms with E-state index in [0.717, 1.165) is 11.1 Å². The maximum Gasteiger partial charge on any atom is 0.188 e. The van der Waals surface area contributed by atoms with Crippen molar-refractivity contribution in [2.45, 2.75) is 26.9 Å². The van der Waals surface area contributed by atoms with Gasteiger partial charge in [-0.05, 0) is 32.4 Å². The minimum Gasteiger partial charge on any atom is -0.366 e. The normalized spacial score (nSPS) is 11.9. The van der Waals surface area contributed by atoms with Gasteiger partial charge in [0.15, 0.2) is 5.78 Å². The average molecular weight is 218 g/mol. The van der Waals surface area contributed by atoms with Crippen molar-refractivity contribution in [1.29, 1.82) is 0 Å². The molecular formula is C14H18O2. The van der Waals surface area contributed by atoms with E-state index in [0.29, 0.717) is 6.61 Å². The van der Waals surface area contributed by atoms with E-state index >= 15 is 0 Å². The zero-order chi connectivity index (χ0) is 12.0. The summed E-state index contributed by atoms with van der Waals surface area (Å²) in [7, 11) is 0. The fraction of sp³-hybridized carbons (Fsp3) is 0.357. The molecule has 1 atom stereocenters. The summed E-state index contributed by atoms with van der Waals surface area (Å²) in [6.45, 7) is 6.24. The van der Waals surface area contributed by atoms with E-state index < -0.39 is 6.10 Å². The highest BCUT2D eigenvalue weighted by molar-refractivity contribution is 5.94. The van der Waals surface area contributed by atoms with Gasteiger partial charge in [0.2, 0.25) is 0 Å². The Labute approximate surface area is 96.9 Å². The van der Waals surface area contributed by atoms with Crippen molar-refractivity contribution in [3.63, 3.8) is 0 Å². The molecule has 0 aromatic heterocycles. The second-order valence-corrected chi connectivity index (χ2v) is 3.87. The van der Waals surface area contributed by atoms with Gasteiger partial charge in [0.1, 0.15) is 6.10 Å². The third-order valence-electron chi connectivity index (χ3n) is 2.13. The molecule has 0 bridgehead atoms. The number of hydrogen-bond acceptors (Lipinski definition) is 2. The Hall–Kier alpha value is -1.41. The smallest absolute Gasteiger partial charge is 0.188 e. The molecule has 0 spiro atoms. The first-order chi connectivity index (χ1) is 7.65. The maximum atomic E-state index is 11.9. The lowest BCUT2D eigenvalue weighted by Crippen LogP contribution is -2.14. The molecule has 1 rings (SSSR count). The highest BCUT2D eigenvalue weighted by atomic mass is 16.5. The monoisotopic (exact) mass is 218 g/mol. The van der Waals surface area contributed by atoms with Crippen molar-refractivity contribution in [3.05, 3.63) is 47.5 Å². The van der Waals surface area contributed by atoms with Crippen LogP contribution in [-0.4, -0.2) is 12.4 Å². The lowest BCUT2D eigenvalue weighted by Gasteiger charge is -2.14. The molecule has 86 valence electrons. The van der Waals surface area contributed by atoms with E-state index in [9.17, 15) is 4.79 Å². The van der Waals surface area contributed by atoms with Crippen molar-refractivity contribution in [2.75, 3.05) is 6.61 Å². The van der Waals surface area contributed by atoms with E-state index in [1.807, 2.05) is 51.1 Å². The summed E-state index contributed by atoms with van der Waals surface area (Å²) in [5, 5.41) is 0. The number of hydrogen-bond donors (Lipinski definition) is 0. The minimum absolute atomic E-state index is 0.00745. The average Bonchev–Trinajstić information content (AvgIpc) is 2.26. The summed E-state index contributed by atoms with van der Waals surface area (Å²) < 4.78 is 5.50. The highest BCUT2D eigenvalue weighted by Gasteiger charge is 2.18. The number of benzene rings is 1. The van der Waals surface area contributed by atoms with E-state index in [-0.39, 0.29) is 5.78 Å². The number of rotatable bonds is 5. The second-order valence-electron chi connectivity index (χ2n) is 3.87. The Morgan fingerprint density at radius 1 is 1.31 bits per heavy atom. The molecule has 1 unspecified atom stereocenters. The predicted octanol–water partition coefficient (Wildman–Crippen LogP) is 3.30. The van der Waals surface area contributed by atoms with Gasteiger partial charge in [0.05, 0.1) is 0 Å². The summed E-state index contributed by atoms with van der Waals surface area (Å²) in [6, 6.07) is 9.58. The first-order valence-electron chi connectivity index (χ1n) is 5.50. The van der Waals surface area contributed by atoms with E-state index in [2.05, 4.69) is 0 Å². The molecular weight excluding hydrogens is 200 g/mol. The maximum absolute atomic E-state index is 11.9. The SMILES string of the molecule is CCOC(C(=O)C=C(C)C)c1ccccc1. The molecule has 16 heavy (non-hydrogen) atoms. The lowest BCUT2D eigenvalue weighted by atomic mass is 10.0. The summed E-state index contributed by atoms with van der Waals surface area (Å²) in [5.74, 6) is 0.00745. The lowest BCUT2D eigenvalue weighted by molar-refractivity contribution is -0.125. The fourth-order valence-electron chi connectivity index (χ4n) is 1.50. The number of ketones is 1.